The number of piperazine rings is 1. The fourth-order valence-electron chi connectivity index (χ4n) is 2.70. The fourth-order valence-corrected chi connectivity index (χ4v) is 2.70. The number of benzene rings is 1. The van der Waals surface area contributed by atoms with Crippen LogP contribution >= 0.6 is 0 Å². The molecule has 114 valence electrons. The summed E-state index contributed by atoms with van der Waals surface area (Å²) in [5.74, 6) is 0.469. The van der Waals surface area contributed by atoms with Gasteiger partial charge in [-0.15, -0.1) is 0 Å². The number of hydrogen-bond donors (Lipinski definition) is 1. The first kappa shape index (κ1) is 14.5. The number of anilines is 1. The van der Waals surface area contributed by atoms with Crippen molar-refractivity contribution < 1.29 is 4.79 Å². The molecular weight excluding hydrogens is 276 g/mol. The van der Waals surface area contributed by atoms with Gasteiger partial charge in [0.15, 0.2) is 0 Å². The molecule has 5 heteroatoms. The SMILES string of the molecule is NC(=O)c1ccc(N2CCN(Cc3ccccc3)CC2)nc1. The Hall–Kier alpha value is -2.40. The van der Waals surface area contributed by atoms with Crippen LogP contribution in [0.5, 0.6) is 0 Å². The van der Waals surface area contributed by atoms with E-state index < -0.39 is 5.91 Å². The monoisotopic (exact) mass is 296 g/mol. The number of aromatic nitrogens is 1. The van der Waals surface area contributed by atoms with Gasteiger partial charge in [0.1, 0.15) is 5.82 Å². The Bertz CT molecular complexity index is 619. The van der Waals surface area contributed by atoms with Crippen molar-refractivity contribution in [1.82, 2.24) is 9.88 Å². The molecule has 3 rings (SSSR count). The zero-order valence-electron chi connectivity index (χ0n) is 12.5. The highest BCUT2D eigenvalue weighted by Crippen LogP contribution is 2.15. The molecule has 1 aliphatic heterocycles. The number of rotatable bonds is 4. The van der Waals surface area contributed by atoms with E-state index in [2.05, 4.69) is 39.0 Å². The molecule has 1 fully saturated rings. The number of nitrogens with two attached hydrogens (primary N) is 1. The molecule has 0 unspecified atom stereocenters. The molecule has 1 saturated heterocycles. The lowest BCUT2D eigenvalue weighted by Crippen LogP contribution is -2.46. The number of nitrogens with zero attached hydrogens (tertiary/aromatic N) is 3. The van der Waals surface area contributed by atoms with E-state index in [1.165, 1.54) is 5.56 Å². The predicted octanol–water partition coefficient (Wildman–Crippen LogP) is 1.50. The number of carbonyl (C=O) groups excluding carboxylic acids is 1. The van der Waals surface area contributed by atoms with Gasteiger partial charge >= 0.3 is 0 Å². The minimum absolute atomic E-state index is 0.438. The number of carbonyl (C=O) groups is 1. The molecule has 0 spiro atoms. The summed E-state index contributed by atoms with van der Waals surface area (Å²) in [6, 6.07) is 14.1. The van der Waals surface area contributed by atoms with Crippen LogP contribution in [0, 0.1) is 0 Å². The first-order valence-electron chi connectivity index (χ1n) is 7.49. The molecule has 1 aromatic heterocycles. The first-order valence-corrected chi connectivity index (χ1v) is 7.49. The van der Waals surface area contributed by atoms with Gasteiger partial charge < -0.3 is 10.6 Å². The van der Waals surface area contributed by atoms with Crippen molar-refractivity contribution in [3.05, 3.63) is 59.8 Å². The first-order chi connectivity index (χ1) is 10.7. The molecular formula is C17H20N4O. The van der Waals surface area contributed by atoms with Crippen molar-refractivity contribution >= 4 is 11.7 Å². The number of hydrogen-bond acceptors (Lipinski definition) is 4. The highest BCUT2D eigenvalue weighted by atomic mass is 16.1. The smallest absolute Gasteiger partial charge is 0.250 e. The number of primary amides is 1. The summed E-state index contributed by atoms with van der Waals surface area (Å²) in [5, 5.41) is 0. The molecule has 2 heterocycles. The quantitative estimate of drug-likeness (QED) is 0.929. The summed E-state index contributed by atoms with van der Waals surface area (Å²) >= 11 is 0. The molecule has 1 aromatic carbocycles. The molecule has 1 amide bonds. The Balaban J connectivity index is 1.56. The number of pyridine rings is 1. The zero-order valence-corrected chi connectivity index (χ0v) is 12.5. The van der Waals surface area contributed by atoms with Gasteiger partial charge in [0.05, 0.1) is 5.56 Å². The van der Waals surface area contributed by atoms with Crippen molar-refractivity contribution in [2.24, 2.45) is 5.73 Å². The highest BCUT2D eigenvalue weighted by molar-refractivity contribution is 5.92. The average molecular weight is 296 g/mol. The van der Waals surface area contributed by atoms with Crippen molar-refractivity contribution in [2.75, 3.05) is 31.1 Å². The van der Waals surface area contributed by atoms with Gasteiger partial charge in [0.2, 0.25) is 5.91 Å². The maximum absolute atomic E-state index is 11.1. The van der Waals surface area contributed by atoms with Crippen LogP contribution in [-0.4, -0.2) is 42.0 Å². The Morgan fingerprint density at radius 3 is 2.36 bits per heavy atom. The second-order valence-electron chi connectivity index (χ2n) is 5.52. The third-order valence-corrected chi connectivity index (χ3v) is 3.98. The summed E-state index contributed by atoms with van der Waals surface area (Å²) < 4.78 is 0. The van der Waals surface area contributed by atoms with E-state index in [0.717, 1.165) is 38.5 Å². The van der Waals surface area contributed by atoms with Crippen molar-refractivity contribution in [2.45, 2.75) is 6.54 Å². The van der Waals surface area contributed by atoms with E-state index in [0.29, 0.717) is 5.56 Å². The van der Waals surface area contributed by atoms with E-state index in [1.54, 1.807) is 12.3 Å². The molecule has 0 bridgehead atoms. The molecule has 5 nitrogen and oxygen atoms in total. The lowest BCUT2D eigenvalue weighted by molar-refractivity contribution is 0.1000. The second kappa shape index (κ2) is 6.58. The van der Waals surface area contributed by atoms with Gasteiger partial charge in [-0.25, -0.2) is 4.98 Å². The van der Waals surface area contributed by atoms with Crippen LogP contribution in [-0.2, 0) is 6.54 Å². The standard InChI is InChI=1S/C17H20N4O/c18-17(22)15-6-7-16(19-12-15)21-10-8-20(9-11-21)13-14-4-2-1-3-5-14/h1-7,12H,8-11,13H2,(H2,18,22). The average Bonchev–Trinajstić information content (AvgIpc) is 2.57. The molecule has 0 atom stereocenters. The Kier molecular flexibility index (Phi) is 4.34. The van der Waals surface area contributed by atoms with Crippen molar-refractivity contribution in [3.8, 4) is 0 Å². The van der Waals surface area contributed by atoms with Gasteiger partial charge in [-0.3, -0.25) is 9.69 Å². The summed E-state index contributed by atoms with van der Waals surface area (Å²) in [5.41, 5.74) is 7.03. The van der Waals surface area contributed by atoms with Gasteiger partial charge in [-0.2, -0.15) is 0 Å². The van der Waals surface area contributed by atoms with E-state index in [4.69, 9.17) is 5.73 Å². The van der Waals surface area contributed by atoms with Crippen LogP contribution in [0.2, 0.25) is 0 Å². The maximum atomic E-state index is 11.1. The van der Waals surface area contributed by atoms with Crippen LogP contribution in [0.3, 0.4) is 0 Å². The van der Waals surface area contributed by atoms with Gasteiger partial charge in [0.25, 0.3) is 0 Å². The lowest BCUT2D eigenvalue weighted by atomic mass is 10.2. The predicted molar refractivity (Wildman–Crippen MR) is 86.7 cm³/mol. The van der Waals surface area contributed by atoms with Crippen molar-refractivity contribution in [3.63, 3.8) is 0 Å². The van der Waals surface area contributed by atoms with Crippen molar-refractivity contribution in [1.29, 1.82) is 0 Å². The highest BCUT2D eigenvalue weighted by Gasteiger charge is 2.18. The normalized spacial score (nSPS) is 15.7. The van der Waals surface area contributed by atoms with Crippen LogP contribution in [0.25, 0.3) is 0 Å². The minimum atomic E-state index is -0.438. The van der Waals surface area contributed by atoms with Crippen LogP contribution in [0.1, 0.15) is 15.9 Å². The van der Waals surface area contributed by atoms with E-state index in [1.807, 2.05) is 12.1 Å². The second-order valence-corrected chi connectivity index (χ2v) is 5.52. The topological polar surface area (TPSA) is 62.5 Å². The summed E-state index contributed by atoms with van der Waals surface area (Å²) in [6.45, 7) is 4.89. The van der Waals surface area contributed by atoms with Crippen LogP contribution in [0.15, 0.2) is 48.7 Å². The van der Waals surface area contributed by atoms with E-state index in [-0.39, 0.29) is 0 Å². The summed E-state index contributed by atoms with van der Waals surface area (Å²) in [4.78, 5) is 20.1. The molecule has 0 aliphatic carbocycles. The summed E-state index contributed by atoms with van der Waals surface area (Å²) in [6.07, 6.45) is 1.55. The third kappa shape index (κ3) is 3.43. The van der Waals surface area contributed by atoms with Crippen LogP contribution < -0.4 is 10.6 Å². The van der Waals surface area contributed by atoms with E-state index in [9.17, 15) is 4.79 Å². The Morgan fingerprint density at radius 2 is 1.77 bits per heavy atom. The fraction of sp³-hybridized carbons (Fsp3) is 0.294. The summed E-state index contributed by atoms with van der Waals surface area (Å²) in [7, 11) is 0. The molecule has 1 aliphatic rings. The molecule has 2 N–H and O–H groups in total. The minimum Gasteiger partial charge on any atom is -0.366 e. The van der Waals surface area contributed by atoms with Gasteiger partial charge in [-0.1, -0.05) is 30.3 Å². The van der Waals surface area contributed by atoms with Gasteiger partial charge in [-0.05, 0) is 17.7 Å². The maximum Gasteiger partial charge on any atom is 0.250 e. The van der Waals surface area contributed by atoms with Gasteiger partial charge in [0, 0.05) is 38.9 Å². The molecule has 22 heavy (non-hydrogen) atoms. The Labute approximate surface area is 130 Å². The Morgan fingerprint density at radius 1 is 1.05 bits per heavy atom. The molecule has 2 aromatic rings. The largest absolute Gasteiger partial charge is 0.366 e. The molecule has 0 radical (unpaired) electrons. The van der Waals surface area contributed by atoms with Crippen LogP contribution in [0.4, 0.5) is 5.82 Å². The molecule has 0 saturated carbocycles. The third-order valence-electron chi connectivity index (χ3n) is 3.98. The zero-order chi connectivity index (χ0) is 15.4. The van der Waals surface area contributed by atoms with E-state index >= 15 is 0 Å². The number of amides is 1. The lowest BCUT2D eigenvalue weighted by Gasteiger charge is -2.35.